The summed E-state index contributed by atoms with van der Waals surface area (Å²) >= 11 is 1.61. The monoisotopic (exact) mass is 263 g/mol. The number of benzene rings is 1. The van der Waals surface area contributed by atoms with E-state index < -0.39 is 0 Å². The molecular weight excluding hydrogens is 242 g/mol. The first-order valence-electron chi connectivity index (χ1n) is 6.73. The first kappa shape index (κ1) is 13.5. The van der Waals surface area contributed by atoms with Crippen molar-refractivity contribution >= 4 is 17.7 Å². The fourth-order valence-electron chi connectivity index (χ4n) is 2.30. The van der Waals surface area contributed by atoms with Gasteiger partial charge >= 0.3 is 0 Å². The second kappa shape index (κ2) is 6.83. The van der Waals surface area contributed by atoms with Crippen molar-refractivity contribution in [3.8, 4) is 0 Å². The first-order chi connectivity index (χ1) is 8.74. The maximum atomic E-state index is 11.8. The van der Waals surface area contributed by atoms with Crippen molar-refractivity contribution in [1.82, 2.24) is 5.32 Å². The van der Waals surface area contributed by atoms with E-state index in [1.54, 1.807) is 11.8 Å². The number of rotatable bonds is 4. The summed E-state index contributed by atoms with van der Waals surface area (Å²) in [4.78, 5) is 13.0. The van der Waals surface area contributed by atoms with E-state index in [2.05, 4.69) is 36.5 Å². The van der Waals surface area contributed by atoms with E-state index >= 15 is 0 Å². The number of hydrogen-bond acceptors (Lipinski definition) is 2. The molecule has 0 aromatic heterocycles. The van der Waals surface area contributed by atoms with Crippen molar-refractivity contribution in [2.75, 3.05) is 5.75 Å². The van der Waals surface area contributed by atoms with E-state index in [1.165, 1.54) is 29.7 Å². The lowest BCUT2D eigenvalue weighted by atomic mass is 9.95. The standard InChI is InChI=1S/C15H21NOS/c1-12-7-9-14(10-8-12)18-11-15(17)16-13-5-3-2-4-6-13/h7-10,13H,2-6,11H2,1H3,(H,16,17). The number of hydrogen-bond donors (Lipinski definition) is 1. The second-order valence-electron chi connectivity index (χ2n) is 5.00. The molecule has 0 aliphatic heterocycles. The summed E-state index contributed by atoms with van der Waals surface area (Å²) in [5.74, 6) is 0.701. The molecule has 1 saturated carbocycles. The molecule has 3 heteroatoms. The molecule has 1 amide bonds. The van der Waals surface area contributed by atoms with Crippen LogP contribution in [0.5, 0.6) is 0 Å². The van der Waals surface area contributed by atoms with Crippen LogP contribution in [0.15, 0.2) is 29.2 Å². The molecule has 18 heavy (non-hydrogen) atoms. The minimum atomic E-state index is 0.174. The Kier molecular flexibility index (Phi) is 5.12. The van der Waals surface area contributed by atoms with Gasteiger partial charge in [0, 0.05) is 10.9 Å². The van der Waals surface area contributed by atoms with Gasteiger partial charge in [0.2, 0.25) is 5.91 Å². The number of amides is 1. The first-order valence-corrected chi connectivity index (χ1v) is 7.71. The van der Waals surface area contributed by atoms with E-state index in [1.807, 2.05) is 0 Å². The highest BCUT2D eigenvalue weighted by Crippen LogP contribution is 2.20. The molecule has 1 aliphatic carbocycles. The van der Waals surface area contributed by atoms with Gasteiger partial charge in [0.05, 0.1) is 5.75 Å². The van der Waals surface area contributed by atoms with Gasteiger partial charge in [-0.1, -0.05) is 37.0 Å². The van der Waals surface area contributed by atoms with Gasteiger partial charge in [0.1, 0.15) is 0 Å². The maximum Gasteiger partial charge on any atom is 0.230 e. The van der Waals surface area contributed by atoms with Crippen LogP contribution in [0.2, 0.25) is 0 Å². The summed E-state index contributed by atoms with van der Waals surface area (Å²) in [6.45, 7) is 2.07. The highest BCUT2D eigenvalue weighted by molar-refractivity contribution is 8.00. The van der Waals surface area contributed by atoms with Crippen molar-refractivity contribution in [3.63, 3.8) is 0 Å². The fourth-order valence-corrected chi connectivity index (χ4v) is 3.01. The van der Waals surface area contributed by atoms with Crippen molar-refractivity contribution in [2.24, 2.45) is 0 Å². The number of nitrogens with one attached hydrogen (secondary N) is 1. The predicted octanol–water partition coefficient (Wildman–Crippen LogP) is 3.54. The van der Waals surface area contributed by atoms with Crippen molar-refractivity contribution < 1.29 is 4.79 Å². The Morgan fingerprint density at radius 3 is 2.56 bits per heavy atom. The molecule has 0 heterocycles. The molecule has 1 aliphatic rings. The molecule has 0 spiro atoms. The van der Waals surface area contributed by atoms with Crippen LogP contribution in [-0.2, 0) is 4.79 Å². The molecule has 1 aromatic carbocycles. The van der Waals surface area contributed by atoms with Gasteiger partial charge in [0.15, 0.2) is 0 Å². The van der Waals surface area contributed by atoms with E-state index in [0.717, 1.165) is 12.8 Å². The molecule has 0 radical (unpaired) electrons. The molecule has 0 saturated heterocycles. The topological polar surface area (TPSA) is 29.1 Å². The number of thioether (sulfide) groups is 1. The highest BCUT2D eigenvalue weighted by atomic mass is 32.2. The number of aryl methyl sites for hydroxylation is 1. The van der Waals surface area contributed by atoms with Crippen molar-refractivity contribution in [2.45, 2.75) is 50.0 Å². The summed E-state index contributed by atoms with van der Waals surface area (Å²) in [5, 5.41) is 3.14. The molecule has 2 rings (SSSR count). The Balaban J connectivity index is 1.72. The van der Waals surface area contributed by atoms with E-state index in [9.17, 15) is 4.79 Å². The molecule has 98 valence electrons. The average Bonchev–Trinajstić information content (AvgIpc) is 2.39. The summed E-state index contributed by atoms with van der Waals surface area (Å²) in [7, 11) is 0. The van der Waals surface area contributed by atoms with Gasteiger partial charge in [0.25, 0.3) is 0 Å². The molecule has 1 aromatic rings. The summed E-state index contributed by atoms with van der Waals surface area (Å²) in [5.41, 5.74) is 1.26. The molecule has 0 unspecified atom stereocenters. The smallest absolute Gasteiger partial charge is 0.230 e. The minimum Gasteiger partial charge on any atom is -0.353 e. The molecule has 1 fully saturated rings. The van der Waals surface area contributed by atoms with Crippen LogP contribution in [0.1, 0.15) is 37.7 Å². The Hall–Kier alpha value is -0.960. The van der Waals surface area contributed by atoms with Crippen LogP contribution < -0.4 is 5.32 Å². The van der Waals surface area contributed by atoms with E-state index in [0.29, 0.717) is 11.8 Å². The zero-order valence-corrected chi connectivity index (χ0v) is 11.8. The second-order valence-corrected chi connectivity index (χ2v) is 6.05. The van der Waals surface area contributed by atoms with Crippen molar-refractivity contribution in [1.29, 1.82) is 0 Å². The third-order valence-corrected chi connectivity index (χ3v) is 4.37. The zero-order valence-electron chi connectivity index (χ0n) is 10.9. The lowest BCUT2D eigenvalue weighted by Gasteiger charge is -2.22. The number of carbonyl (C=O) groups excluding carboxylic acids is 1. The molecule has 0 atom stereocenters. The maximum absolute atomic E-state index is 11.8. The Morgan fingerprint density at radius 1 is 1.22 bits per heavy atom. The zero-order chi connectivity index (χ0) is 12.8. The van der Waals surface area contributed by atoms with Gasteiger partial charge in [-0.15, -0.1) is 11.8 Å². The summed E-state index contributed by atoms with van der Waals surface area (Å²) in [6.07, 6.45) is 6.15. The largest absolute Gasteiger partial charge is 0.353 e. The third-order valence-electron chi connectivity index (χ3n) is 3.36. The van der Waals surface area contributed by atoms with E-state index in [-0.39, 0.29) is 5.91 Å². The van der Waals surface area contributed by atoms with Gasteiger partial charge in [-0.05, 0) is 31.9 Å². The van der Waals surface area contributed by atoms with Crippen molar-refractivity contribution in [3.05, 3.63) is 29.8 Å². The molecule has 0 bridgehead atoms. The predicted molar refractivity (Wildman–Crippen MR) is 76.9 cm³/mol. The van der Waals surface area contributed by atoms with Crippen LogP contribution in [0.25, 0.3) is 0 Å². The molecular formula is C15H21NOS. The molecule has 1 N–H and O–H groups in total. The molecule has 2 nitrogen and oxygen atoms in total. The van der Waals surface area contributed by atoms with Crippen LogP contribution >= 0.6 is 11.8 Å². The van der Waals surface area contributed by atoms with Crippen LogP contribution in [0.3, 0.4) is 0 Å². The highest BCUT2D eigenvalue weighted by Gasteiger charge is 2.15. The average molecular weight is 263 g/mol. The lowest BCUT2D eigenvalue weighted by molar-refractivity contribution is -0.119. The van der Waals surface area contributed by atoms with Gasteiger partial charge in [-0.25, -0.2) is 0 Å². The Bertz CT molecular complexity index is 382. The fraction of sp³-hybridized carbons (Fsp3) is 0.533. The summed E-state index contributed by atoms with van der Waals surface area (Å²) in [6, 6.07) is 8.75. The van der Waals surface area contributed by atoms with Gasteiger partial charge in [-0.3, -0.25) is 4.79 Å². The van der Waals surface area contributed by atoms with E-state index in [4.69, 9.17) is 0 Å². The minimum absolute atomic E-state index is 0.174. The number of carbonyl (C=O) groups is 1. The quantitative estimate of drug-likeness (QED) is 0.842. The Morgan fingerprint density at radius 2 is 1.89 bits per heavy atom. The van der Waals surface area contributed by atoms with Crippen LogP contribution in [-0.4, -0.2) is 17.7 Å². The lowest BCUT2D eigenvalue weighted by Crippen LogP contribution is -2.37. The third kappa shape index (κ3) is 4.37. The van der Waals surface area contributed by atoms with Gasteiger partial charge < -0.3 is 5.32 Å². The SMILES string of the molecule is Cc1ccc(SCC(=O)NC2CCCCC2)cc1. The Labute approximate surface area is 114 Å². The summed E-state index contributed by atoms with van der Waals surface area (Å²) < 4.78 is 0. The van der Waals surface area contributed by atoms with Crippen LogP contribution in [0.4, 0.5) is 0 Å². The van der Waals surface area contributed by atoms with Crippen LogP contribution in [0, 0.1) is 6.92 Å². The normalized spacial score (nSPS) is 16.5. The van der Waals surface area contributed by atoms with Gasteiger partial charge in [-0.2, -0.15) is 0 Å².